The van der Waals surface area contributed by atoms with E-state index in [-0.39, 0.29) is 18.8 Å². The van der Waals surface area contributed by atoms with Gasteiger partial charge in [0.15, 0.2) is 0 Å². The Balaban J connectivity index is 2.21. The molecule has 0 amide bonds. The SMILES string of the molecule is CC1CN(c2ccc(Cl)c(CO)n2)CC(C)O1. The van der Waals surface area contributed by atoms with E-state index in [4.69, 9.17) is 21.4 Å². The number of aliphatic hydroxyl groups excluding tert-OH is 1. The summed E-state index contributed by atoms with van der Waals surface area (Å²) >= 11 is 5.93. The van der Waals surface area contributed by atoms with Crippen LogP contribution in [0, 0.1) is 0 Å². The maximum absolute atomic E-state index is 9.16. The van der Waals surface area contributed by atoms with Crippen LogP contribution in [0.25, 0.3) is 0 Å². The number of halogens is 1. The number of pyridine rings is 1. The van der Waals surface area contributed by atoms with Crippen LogP contribution < -0.4 is 4.90 Å². The molecule has 1 saturated heterocycles. The fourth-order valence-corrected chi connectivity index (χ4v) is 2.29. The van der Waals surface area contributed by atoms with Crippen molar-refractivity contribution >= 4 is 17.4 Å². The van der Waals surface area contributed by atoms with Gasteiger partial charge in [0.1, 0.15) is 5.82 Å². The third-order valence-corrected chi connectivity index (χ3v) is 3.14. The minimum Gasteiger partial charge on any atom is -0.390 e. The molecule has 1 fully saturated rings. The molecule has 0 radical (unpaired) electrons. The number of aliphatic hydroxyl groups is 1. The van der Waals surface area contributed by atoms with E-state index < -0.39 is 0 Å². The molecule has 4 nitrogen and oxygen atoms in total. The third kappa shape index (κ3) is 2.89. The van der Waals surface area contributed by atoms with Gasteiger partial charge in [-0.05, 0) is 26.0 Å². The summed E-state index contributed by atoms with van der Waals surface area (Å²) in [5.74, 6) is 0.848. The highest BCUT2D eigenvalue weighted by atomic mass is 35.5. The van der Waals surface area contributed by atoms with Crippen LogP contribution in [0.3, 0.4) is 0 Å². The van der Waals surface area contributed by atoms with Crippen molar-refractivity contribution in [3.8, 4) is 0 Å². The molecule has 2 unspecified atom stereocenters. The molecular weight excluding hydrogens is 240 g/mol. The lowest BCUT2D eigenvalue weighted by Gasteiger charge is -2.36. The van der Waals surface area contributed by atoms with Gasteiger partial charge in [0.25, 0.3) is 0 Å². The molecule has 0 aliphatic carbocycles. The van der Waals surface area contributed by atoms with Crippen molar-refractivity contribution in [3.63, 3.8) is 0 Å². The molecule has 2 heterocycles. The Bertz CT molecular complexity index is 390. The van der Waals surface area contributed by atoms with E-state index in [1.165, 1.54) is 0 Å². The van der Waals surface area contributed by atoms with E-state index in [9.17, 15) is 0 Å². The number of ether oxygens (including phenoxy) is 1. The first-order valence-corrected chi connectivity index (χ1v) is 6.14. The number of hydrogen-bond donors (Lipinski definition) is 1. The molecule has 0 spiro atoms. The molecule has 0 bridgehead atoms. The fraction of sp³-hybridized carbons (Fsp3) is 0.583. The van der Waals surface area contributed by atoms with E-state index in [1.807, 2.05) is 19.9 Å². The Kier molecular flexibility index (Phi) is 3.86. The summed E-state index contributed by atoms with van der Waals surface area (Å²) in [6.45, 7) is 5.58. The Morgan fingerprint density at radius 2 is 2.06 bits per heavy atom. The van der Waals surface area contributed by atoms with Crippen molar-refractivity contribution in [3.05, 3.63) is 22.8 Å². The Labute approximate surface area is 106 Å². The average molecular weight is 257 g/mol. The summed E-state index contributed by atoms with van der Waals surface area (Å²) in [7, 11) is 0. The van der Waals surface area contributed by atoms with Crippen molar-refractivity contribution in [1.82, 2.24) is 4.98 Å². The first-order chi connectivity index (χ1) is 8.10. The van der Waals surface area contributed by atoms with Crippen LogP contribution in [0.1, 0.15) is 19.5 Å². The van der Waals surface area contributed by atoms with E-state index in [0.29, 0.717) is 10.7 Å². The smallest absolute Gasteiger partial charge is 0.129 e. The first-order valence-electron chi connectivity index (χ1n) is 5.77. The monoisotopic (exact) mass is 256 g/mol. The fourth-order valence-electron chi connectivity index (χ4n) is 2.12. The largest absolute Gasteiger partial charge is 0.390 e. The summed E-state index contributed by atoms with van der Waals surface area (Å²) in [6, 6.07) is 3.66. The van der Waals surface area contributed by atoms with E-state index in [1.54, 1.807) is 6.07 Å². The van der Waals surface area contributed by atoms with Crippen LogP contribution in [0.4, 0.5) is 5.82 Å². The molecule has 1 aromatic heterocycles. The van der Waals surface area contributed by atoms with Crippen LogP contribution in [0.15, 0.2) is 12.1 Å². The molecule has 0 saturated carbocycles. The van der Waals surface area contributed by atoms with Gasteiger partial charge in [0, 0.05) is 13.1 Å². The van der Waals surface area contributed by atoms with Crippen molar-refractivity contribution in [2.75, 3.05) is 18.0 Å². The standard InChI is InChI=1S/C12H17ClN2O2/c1-8-5-15(6-9(2)17-8)12-4-3-10(13)11(7-16)14-12/h3-4,8-9,16H,5-7H2,1-2H3. The van der Waals surface area contributed by atoms with Crippen LogP contribution in [0.2, 0.25) is 5.02 Å². The van der Waals surface area contributed by atoms with E-state index in [0.717, 1.165) is 18.9 Å². The molecule has 2 atom stereocenters. The van der Waals surface area contributed by atoms with Gasteiger partial charge < -0.3 is 14.7 Å². The Morgan fingerprint density at radius 3 is 2.65 bits per heavy atom. The van der Waals surface area contributed by atoms with E-state index in [2.05, 4.69) is 9.88 Å². The van der Waals surface area contributed by atoms with Crippen molar-refractivity contribution in [2.45, 2.75) is 32.7 Å². The molecule has 17 heavy (non-hydrogen) atoms. The maximum Gasteiger partial charge on any atom is 0.129 e. The second-order valence-electron chi connectivity index (χ2n) is 4.42. The minimum absolute atomic E-state index is 0.137. The highest BCUT2D eigenvalue weighted by Gasteiger charge is 2.23. The minimum atomic E-state index is -0.137. The molecule has 2 rings (SSSR count). The van der Waals surface area contributed by atoms with Gasteiger partial charge in [0.2, 0.25) is 0 Å². The predicted octanol–water partition coefficient (Wildman–Crippen LogP) is 1.84. The molecule has 0 aromatic carbocycles. The quantitative estimate of drug-likeness (QED) is 0.877. The zero-order valence-electron chi connectivity index (χ0n) is 10.1. The van der Waals surface area contributed by atoms with Gasteiger partial charge in [-0.1, -0.05) is 11.6 Å². The number of rotatable bonds is 2. The summed E-state index contributed by atoms with van der Waals surface area (Å²) in [6.07, 6.45) is 0.377. The Hall–Kier alpha value is -0.840. The van der Waals surface area contributed by atoms with Crippen LogP contribution in [-0.2, 0) is 11.3 Å². The van der Waals surface area contributed by atoms with Crippen LogP contribution in [0.5, 0.6) is 0 Å². The van der Waals surface area contributed by atoms with Gasteiger partial charge in [-0.25, -0.2) is 4.98 Å². The molecule has 1 N–H and O–H groups in total. The van der Waals surface area contributed by atoms with Crippen molar-refractivity contribution in [2.24, 2.45) is 0 Å². The zero-order valence-corrected chi connectivity index (χ0v) is 10.8. The highest BCUT2D eigenvalue weighted by Crippen LogP contribution is 2.22. The van der Waals surface area contributed by atoms with Gasteiger partial charge >= 0.3 is 0 Å². The van der Waals surface area contributed by atoms with E-state index >= 15 is 0 Å². The number of aromatic nitrogens is 1. The number of morpholine rings is 1. The molecule has 1 aliphatic rings. The summed E-state index contributed by atoms with van der Waals surface area (Å²) < 4.78 is 5.67. The van der Waals surface area contributed by atoms with Crippen LogP contribution >= 0.6 is 11.6 Å². The molecule has 94 valence electrons. The number of nitrogens with zero attached hydrogens (tertiary/aromatic N) is 2. The predicted molar refractivity (Wildman–Crippen MR) is 67.4 cm³/mol. The number of hydrogen-bond acceptors (Lipinski definition) is 4. The first kappa shape index (κ1) is 12.6. The second kappa shape index (κ2) is 5.21. The molecule has 1 aromatic rings. The van der Waals surface area contributed by atoms with Gasteiger partial charge in [-0.2, -0.15) is 0 Å². The lowest BCUT2D eigenvalue weighted by atomic mass is 10.2. The summed E-state index contributed by atoms with van der Waals surface area (Å²) in [4.78, 5) is 6.53. The maximum atomic E-state index is 9.16. The van der Waals surface area contributed by atoms with Gasteiger partial charge in [0.05, 0.1) is 29.5 Å². The lowest BCUT2D eigenvalue weighted by Crippen LogP contribution is -2.45. The summed E-state index contributed by atoms with van der Waals surface area (Å²) in [5.41, 5.74) is 0.524. The second-order valence-corrected chi connectivity index (χ2v) is 4.83. The van der Waals surface area contributed by atoms with Gasteiger partial charge in [-0.15, -0.1) is 0 Å². The van der Waals surface area contributed by atoms with Crippen molar-refractivity contribution in [1.29, 1.82) is 0 Å². The summed E-state index contributed by atoms with van der Waals surface area (Å²) in [5, 5.41) is 9.66. The zero-order chi connectivity index (χ0) is 12.4. The van der Waals surface area contributed by atoms with Crippen molar-refractivity contribution < 1.29 is 9.84 Å². The number of anilines is 1. The topological polar surface area (TPSA) is 45.6 Å². The van der Waals surface area contributed by atoms with Gasteiger partial charge in [-0.3, -0.25) is 0 Å². The average Bonchev–Trinajstić information content (AvgIpc) is 2.28. The molecule has 1 aliphatic heterocycles. The van der Waals surface area contributed by atoms with Crippen LogP contribution in [-0.4, -0.2) is 35.4 Å². The highest BCUT2D eigenvalue weighted by molar-refractivity contribution is 6.31. The Morgan fingerprint density at radius 1 is 1.41 bits per heavy atom. The third-order valence-electron chi connectivity index (χ3n) is 2.80. The molecular formula is C12H17ClN2O2. The molecule has 5 heteroatoms. The lowest BCUT2D eigenvalue weighted by molar-refractivity contribution is -0.00547. The normalized spacial score (nSPS) is 25.1.